The molecule has 0 spiro atoms. The van der Waals surface area contributed by atoms with Crippen molar-refractivity contribution < 1.29 is 4.79 Å². The quantitative estimate of drug-likeness (QED) is 0.770. The number of nitrogens with two attached hydrogens (primary N) is 1. The lowest BCUT2D eigenvalue weighted by Crippen LogP contribution is -2.39. The number of nitrogen functional groups attached to an aromatic ring is 1. The molecule has 1 aromatic rings. The Labute approximate surface area is 94.2 Å². The molecule has 6 heteroatoms. The molecule has 3 N–H and O–H groups in total. The lowest BCUT2D eigenvalue weighted by molar-refractivity contribution is 0.0689. The van der Waals surface area contributed by atoms with Crippen LogP contribution in [-0.2, 0) is 0 Å². The summed E-state index contributed by atoms with van der Waals surface area (Å²) in [6, 6.07) is 0.304. The van der Waals surface area contributed by atoms with Crippen LogP contribution in [0.25, 0.3) is 0 Å². The second kappa shape index (κ2) is 4.11. The van der Waals surface area contributed by atoms with Crippen molar-refractivity contribution in [2.24, 2.45) is 5.92 Å². The number of carbonyl (C=O) groups excluding carboxylic acids is 1. The molecule has 0 bridgehead atoms. The minimum absolute atomic E-state index is 0.0969. The van der Waals surface area contributed by atoms with Crippen LogP contribution in [0.5, 0.6) is 0 Å². The van der Waals surface area contributed by atoms with Crippen molar-refractivity contribution in [2.75, 3.05) is 12.3 Å². The number of anilines is 1. The third kappa shape index (κ3) is 1.87. The van der Waals surface area contributed by atoms with Crippen molar-refractivity contribution in [2.45, 2.75) is 32.7 Å². The van der Waals surface area contributed by atoms with Gasteiger partial charge in [-0.25, -0.2) is 0 Å². The van der Waals surface area contributed by atoms with Crippen LogP contribution < -0.4 is 5.73 Å². The predicted octanol–water partition coefficient (Wildman–Crippen LogP) is 0.647. The molecule has 0 aliphatic carbocycles. The average molecular weight is 223 g/mol. The lowest BCUT2D eigenvalue weighted by Gasteiger charge is -2.26. The number of carbonyl (C=O) groups is 1. The first-order valence-electron chi connectivity index (χ1n) is 5.58. The van der Waals surface area contributed by atoms with Crippen LogP contribution in [0.2, 0.25) is 0 Å². The minimum Gasteiger partial charge on any atom is -0.366 e. The fourth-order valence-electron chi connectivity index (χ4n) is 2.24. The van der Waals surface area contributed by atoms with Gasteiger partial charge in [0.15, 0.2) is 0 Å². The van der Waals surface area contributed by atoms with E-state index in [1.807, 2.05) is 4.90 Å². The van der Waals surface area contributed by atoms with Crippen LogP contribution in [0.4, 0.5) is 5.95 Å². The molecule has 16 heavy (non-hydrogen) atoms. The number of aromatic amines is 1. The number of H-pyrrole nitrogens is 1. The molecule has 1 fully saturated rings. The number of hydrogen-bond donors (Lipinski definition) is 2. The van der Waals surface area contributed by atoms with Gasteiger partial charge in [-0.3, -0.25) is 9.89 Å². The van der Waals surface area contributed by atoms with Crippen LogP contribution >= 0.6 is 0 Å². The van der Waals surface area contributed by atoms with Crippen molar-refractivity contribution >= 4 is 11.9 Å². The van der Waals surface area contributed by atoms with Gasteiger partial charge >= 0.3 is 0 Å². The molecule has 1 saturated heterocycles. The second-order valence-electron chi connectivity index (χ2n) is 4.49. The summed E-state index contributed by atoms with van der Waals surface area (Å²) in [4.78, 5) is 17.8. The highest BCUT2D eigenvalue weighted by Crippen LogP contribution is 2.24. The topological polar surface area (TPSA) is 87.9 Å². The van der Waals surface area contributed by atoms with Gasteiger partial charge in [-0.2, -0.15) is 4.98 Å². The van der Waals surface area contributed by atoms with Gasteiger partial charge in [-0.1, -0.05) is 13.8 Å². The molecule has 1 aliphatic heterocycles. The van der Waals surface area contributed by atoms with Crippen LogP contribution in [0.3, 0.4) is 0 Å². The zero-order valence-corrected chi connectivity index (χ0v) is 9.60. The van der Waals surface area contributed by atoms with Crippen molar-refractivity contribution in [1.82, 2.24) is 20.1 Å². The number of nitrogens with one attached hydrogen (secondary N) is 1. The Balaban J connectivity index is 2.15. The third-order valence-electron chi connectivity index (χ3n) is 3.03. The van der Waals surface area contributed by atoms with Gasteiger partial charge in [-0.05, 0) is 18.8 Å². The van der Waals surface area contributed by atoms with Crippen molar-refractivity contribution in [1.29, 1.82) is 0 Å². The van der Waals surface area contributed by atoms with Gasteiger partial charge in [0.2, 0.25) is 11.8 Å². The first-order valence-corrected chi connectivity index (χ1v) is 5.58. The minimum atomic E-state index is -0.0969. The van der Waals surface area contributed by atoms with Crippen LogP contribution in [0.15, 0.2) is 0 Å². The standard InChI is InChI=1S/C10H17N5O/c1-6(2)7-4-3-5-15(7)9(16)8-12-10(11)14-13-8/h6-7H,3-5H2,1-2H3,(H3,11,12,13,14). The van der Waals surface area contributed by atoms with Gasteiger partial charge in [0, 0.05) is 12.6 Å². The fourth-order valence-corrected chi connectivity index (χ4v) is 2.24. The Bertz CT molecular complexity index is 386. The molecule has 1 amide bonds. The van der Waals surface area contributed by atoms with E-state index in [0.717, 1.165) is 19.4 Å². The zero-order chi connectivity index (χ0) is 11.7. The number of rotatable bonds is 2. The highest BCUT2D eigenvalue weighted by Gasteiger charge is 2.32. The molecule has 88 valence electrons. The summed E-state index contributed by atoms with van der Waals surface area (Å²) in [5, 5.41) is 6.24. The average Bonchev–Trinajstić information content (AvgIpc) is 2.84. The van der Waals surface area contributed by atoms with E-state index < -0.39 is 0 Å². The maximum atomic E-state index is 12.1. The second-order valence-corrected chi connectivity index (χ2v) is 4.49. The van der Waals surface area contributed by atoms with Crippen molar-refractivity contribution in [3.8, 4) is 0 Å². The highest BCUT2D eigenvalue weighted by molar-refractivity contribution is 5.91. The monoisotopic (exact) mass is 223 g/mol. The first kappa shape index (κ1) is 10.9. The molecule has 0 radical (unpaired) electrons. The molecule has 2 rings (SSSR count). The van der Waals surface area contributed by atoms with Crippen LogP contribution in [-0.4, -0.2) is 38.6 Å². The Morgan fingerprint density at radius 2 is 2.38 bits per heavy atom. The SMILES string of the molecule is CC(C)C1CCCN1C(=O)c1nc(N)n[nH]1. The summed E-state index contributed by atoms with van der Waals surface area (Å²) in [6.07, 6.45) is 2.12. The molecule has 2 heterocycles. The first-order chi connectivity index (χ1) is 7.59. The van der Waals surface area contributed by atoms with Crippen LogP contribution in [0.1, 0.15) is 37.3 Å². The Morgan fingerprint density at radius 3 is 2.94 bits per heavy atom. The van der Waals surface area contributed by atoms with E-state index in [9.17, 15) is 4.79 Å². The summed E-state index contributed by atoms with van der Waals surface area (Å²) in [5.74, 6) is 0.723. The summed E-state index contributed by atoms with van der Waals surface area (Å²) in [5.41, 5.74) is 5.39. The van der Waals surface area contributed by atoms with Gasteiger partial charge in [-0.15, -0.1) is 5.10 Å². The molecule has 0 saturated carbocycles. The summed E-state index contributed by atoms with van der Waals surface area (Å²) >= 11 is 0. The predicted molar refractivity (Wildman–Crippen MR) is 59.7 cm³/mol. The number of hydrogen-bond acceptors (Lipinski definition) is 4. The molecule has 1 unspecified atom stereocenters. The molecular formula is C10H17N5O. The number of amides is 1. The Kier molecular flexibility index (Phi) is 2.80. The van der Waals surface area contributed by atoms with Crippen LogP contribution in [0, 0.1) is 5.92 Å². The maximum absolute atomic E-state index is 12.1. The van der Waals surface area contributed by atoms with Gasteiger partial charge < -0.3 is 10.6 Å². The van der Waals surface area contributed by atoms with Gasteiger partial charge in [0.1, 0.15) is 0 Å². The van der Waals surface area contributed by atoms with E-state index in [2.05, 4.69) is 29.0 Å². The Morgan fingerprint density at radius 1 is 1.62 bits per heavy atom. The molecule has 1 aromatic heterocycles. The number of aromatic nitrogens is 3. The highest BCUT2D eigenvalue weighted by atomic mass is 16.2. The van der Waals surface area contributed by atoms with Crippen molar-refractivity contribution in [3.63, 3.8) is 0 Å². The zero-order valence-electron chi connectivity index (χ0n) is 9.60. The van der Waals surface area contributed by atoms with Gasteiger partial charge in [0.05, 0.1) is 0 Å². The largest absolute Gasteiger partial charge is 0.366 e. The normalized spacial score (nSPS) is 20.7. The lowest BCUT2D eigenvalue weighted by atomic mass is 10.0. The summed E-state index contributed by atoms with van der Waals surface area (Å²) in [6.45, 7) is 5.05. The van der Waals surface area contributed by atoms with E-state index in [1.165, 1.54) is 0 Å². The Hall–Kier alpha value is -1.59. The summed E-state index contributed by atoms with van der Waals surface area (Å²) < 4.78 is 0. The molecule has 1 atom stereocenters. The number of likely N-dealkylation sites (tertiary alicyclic amines) is 1. The van der Waals surface area contributed by atoms with Gasteiger partial charge in [0.25, 0.3) is 5.91 Å². The van der Waals surface area contributed by atoms with E-state index in [-0.39, 0.29) is 17.7 Å². The van der Waals surface area contributed by atoms with E-state index in [4.69, 9.17) is 5.73 Å². The molecule has 0 aromatic carbocycles. The smallest absolute Gasteiger partial charge is 0.291 e. The number of nitrogens with zero attached hydrogens (tertiary/aromatic N) is 3. The van der Waals surface area contributed by atoms with E-state index in [1.54, 1.807) is 0 Å². The third-order valence-corrected chi connectivity index (χ3v) is 3.03. The fraction of sp³-hybridized carbons (Fsp3) is 0.700. The van der Waals surface area contributed by atoms with Crippen molar-refractivity contribution in [3.05, 3.63) is 5.82 Å². The van der Waals surface area contributed by atoms with E-state index >= 15 is 0 Å². The summed E-state index contributed by atoms with van der Waals surface area (Å²) in [7, 11) is 0. The van der Waals surface area contributed by atoms with E-state index in [0.29, 0.717) is 12.0 Å². The molecular weight excluding hydrogens is 206 g/mol. The molecule has 1 aliphatic rings. The maximum Gasteiger partial charge on any atom is 0.291 e. The molecule has 6 nitrogen and oxygen atoms in total.